The molecule has 0 amide bonds. The molecule has 0 aliphatic carbocycles. The predicted octanol–water partition coefficient (Wildman–Crippen LogP) is 1.00. The van der Waals surface area contributed by atoms with E-state index in [2.05, 4.69) is 21.0 Å². The summed E-state index contributed by atoms with van der Waals surface area (Å²) < 4.78 is 2.34. The molecule has 0 bridgehead atoms. The molecule has 1 aromatic heterocycles. The Morgan fingerprint density at radius 1 is 1.24 bits per heavy atom. The molecule has 0 saturated heterocycles. The van der Waals surface area contributed by atoms with Gasteiger partial charge in [-0.15, -0.1) is 0 Å². The third-order valence-electron chi connectivity index (χ3n) is 2.48. The van der Waals surface area contributed by atoms with Crippen molar-refractivity contribution in [2.24, 2.45) is 7.05 Å². The molecule has 5 nitrogen and oxygen atoms in total. The fourth-order valence-electron chi connectivity index (χ4n) is 1.50. The Hall–Kier alpha value is -1.69. The number of aromatic nitrogens is 3. The molecule has 0 radical (unpaired) electrons. The lowest BCUT2D eigenvalue weighted by atomic mass is 10.2. The summed E-state index contributed by atoms with van der Waals surface area (Å²) in [4.78, 5) is 23.4. The summed E-state index contributed by atoms with van der Waals surface area (Å²) in [5, 5.41) is 3.95. The highest BCUT2D eigenvalue weighted by Gasteiger charge is 2.10. The number of para-hydroxylation sites is 1. The lowest BCUT2D eigenvalue weighted by Gasteiger charge is -2.08. The zero-order valence-electron chi connectivity index (χ0n) is 9.35. The average Bonchev–Trinajstić information content (AvgIpc) is 2.32. The zero-order chi connectivity index (χ0) is 12.6. The normalized spacial score (nSPS) is 10.5. The van der Waals surface area contributed by atoms with Gasteiger partial charge in [-0.25, -0.2) is 4.79 Å². The quantitative estimate of drug-likeness (QED) is 0.789. The maximum atomic E-state index is 11.9. The number of benzene rings is 1. The number of halogens is 1. The molecule has 2 rings (SSSR count). The van der Waals surface area contributed by atoms with Crippen LogP contribution in [0.25, 0.3) is 5.69 Å². The Labute approximate surface area is 105 Å². The Bertz CT molecular complexity index is 688. The van der Waals surface area contributed by atoms with Crippen molar-refractivity contribution in [3.8, 4) is 5.69 Å². The third kappa shape index (κ3) is 1.95. The largest absolute Gasteiger partial charge is 0.352 e. The van der Waals surface area contributed by atoms with Gasteiger partial charge in [0.2, 0.25) is 0 Å². The lowest BCUT2D eigenvalue weighted by Crippen LogP contribution is -2.39. The van der Waals surface area contributed by atoms with E-state index in [0.29, 0.717) is 5.69 Å². The molecule has 0 atom stereocenters. The van der Waals surface area contributed by atoms with Crippen molar-refractivity contribution < 1.29 is 0 Å². The summed E-state index contributed by atoms with van der Waals surface area (Å²) >= 11 is 3.05. The molecule has 0 aliphatic heterocycles. The first-order valence-corrected chi connectivity index (χ1v) is 5.73. The molecule has 88 valence electrons. The summed E-state index contributed by atoms with van der Waals surface area (Å²) in [5.41, 5.74) is 0.661. The van der Waals surface area contributed by atoms with Crippen LogP contribution < -0.4 is 11.2 Å². The van der Waals surface area contributed by atoms with Gasteiger partial charge in [-0.3, -0.25) is 9.36 Å². The molecule has 0 fully saturated rings. The molecular formula is C11H10BrN3O2. The van der Waals surface area contributed by atoms with Crippen molar-refractivity contribution in [2.75, 3.05) is 0 Å². The first-order chi connectivity index (χ1) is 8.02. The number of rotatable bonds is 1. The minimum Gasteiger partial charge on any atom is -0.266 e. The molecule has 0 aliphatic rings. The minimum absolute atomic E-state index is 0.114. The van der Waals surface area contributed by atoms with E-state index in [1.165, 1.54) is 11.7 Å². The Balaban J connectivity index is 2.83. The minimum atomic E-state index is -0.465. The van der Waals surface area contributed by atoms with Crippen LogP contribution in [0.3, 0.4) is 0 Å². The molecule has 0 saturated carbocycles. The maximum absolute atomic E-state index is 11.9. The van der Waals surface area contributed by atoms with Crippen LogP contribution in [-0.4, -0.2) is 14.3 Å². The summed E-state index contributed by atoms with van der Waals surface area (Å²) in [6.45, 7) is 1.88. The van der Waals surface area contributed by atoms with Gasteiger partial charge in [0.05, 0.1) is 5.69 Å². The SMILES string of the molecule is Cc1ccccc1-n1nc(Br)c(=O)n(C)c1=O. The van der Waals surface area contributed by atoms with Crippen LogP contribution in [0.1, 0.15) is 5.56 Å². The molecule has 2 aromatic rings. The van der Waals surface area contributed by atoms with Crippen LogP contribution in [0.2, 0.25) is 0 Å². The van der Waals surface area contributed by atoms with Crippen LogP contribution in [-0.2, 0) is 7.05 Å². The summed E-state index contributed by atoms with van der Waals surface area (Å²) in [6, 6.07) is 7.35. The van der Waals surface area contributed by atoms with E-state index < -0.39 is 11.2 Å². The highest BCUT2D eigenvalue weighted by atomic mass is 79.9. The second-order valence-electron chi connectivity index (χ2n) is 3.64. The van der Waals surface area contributed by atoms with Crippen LogP contribution in [0.5, 0.6) is 0 Å². The van der Waals surface area contributed by atoms with E-state index in [9.17, 15) is 9.59 Å². The topological polar surface area (TPSA) is 56.9 Å². The van der Waals surface area contributed by atoms with Crippen molar-refractivity contribution >= 4 is 15.9 Å². The maximum Gasteiger partial charge on any atom is 0.352 e. The second kappa shape index (κ2) is 4.29. The van der Waals surface area contributed by atoms with Crippen LogP contribution in [0, 0.1) is 6.92 Å². The van der Waals surface area contributed by atoms with Gasteiger partial charge in [-0.1, -0.05) is 18.2 Å². The average molecular weight is 296 g/mol. The van der Waals surface area contributed by atoms with Gasteiger partial charge in [-0.05, 0) is 34.5 Å². The molecule has 0 spiro atoms. The van der Waals surface area contributed by atoms with Gasteiger partial charge in [-0.2, -0.15) is 9.78 Å². The predicted molar refractivity (Wildman–Crippen MR) is 67.5 cm³/mol. The summed E-state index contributed by atoms with van der Waals surface area (Å²) in [5.74, 6) is 0. The van der Waals surface area contributed by atoms with Crippen molar-refractivity contribution in [3.05, 3.63) is 55.3 Å². The van der Waals surface area contributed by atoms with Gasteiger partial charge >= 0.3 is 5.69 Å². The summed E-state index contributed by atoms with van der Waals surface area (Å²) in [6.07, 6.45) is 0. The van der Waals surface area contributed by atoms with E-state index in [0.717, 1.165) is 10.1 Å². The van der Waals surface area contributed by atoms with E-state index in [1.807, 2.05) is 25.1 Å². The number of hydrogen-bond donors (Lipinski definition) is 0. The first kappa shape index (κ1) is 11.8. The van der Waals surface area contributed by atoms with Crippen molar-refractivity contribution in [1.29, 1.82) is 0 Å². The van der Waals surface area contributed by atoms with Crippen molar-refractivity contribution in [2.45, 2.75) is 6.92 Å². The molecule has 0 unspecified atom stereocenters. The van der Waals surface area contributed by atoms with Crippen LogP contribution in [0.4, 0.5) is 0 Å². The first-order valence-electron chi connectivity index (χ1n) is 4.94. The Morgan fingerprint density at radius 3 is 2.53 bits per heavy atom. The van der Waals surface area contributed by atoms with E-state index in [-0.39, 0.29) is 4.60 Å². The fraction of sp³-hybridized carbons (Fsp3) is 0.182. The molecule has 1 heterocycles. The molecule has 6 heteroatoms. The summed E-state index contributed by atoms with van der Waals surface area (Å²) in [7, 11) is 1.42. The van der Waals surface area contributed by atoms with Gasteiger partial charge in [0.25, 0.3) is 5.56 Å². The molecular weight excluding hydrogens is 286 g/mol. The van der Waals surface area contributed by atoms with Crippen LogP contribution >= 0.6 is 15.9 Å². The van der Waals surface area contributed by atoms with Gasteiger partial charge in [0.15, 0.2) is 4.60 Å². The number of nitrogens with zero attached hydrogens (tertiary/aromatic N) is 3. The Morgan fingerprint density at radius 2 is 1.88 bits per heavy atom. The lowest BCUT2D eigenvalue weighted by molar-refractivity contribution is 0.642. The highest BCUT2D eigenvalue weighted by molar-refractivity contribution is 9.10. The van der Waals surface area contributed by atoms with E-state index in [1.54, 1.807) is 6.07 Å². The van der Waals surface area contributed by atoms with E-state index >= 15 is 0 Å². The smallest absolute Gasteiger partial charge is 0.266 e. The number of aryl methyl sites for hydroxylation is 1. The van der Waals surface area contributed by atoms with Gasteiger partial charge in [0.1, 0.15) is 0 Å². The fourth-order valence-corrected chi connectivity index (χ4v) is 1.92. The van der Waals surface area contributed by atoms with E-state index in [4.69, 9.17) is 0 Å². The molecule has 17 heavy (non-hydrogen) atoms. The molecule has 1 aromatic carbocycles. The second-order valence-corrected chi connectivity index (χ2v) is 4.39. The zero-order valence-corrected chi connectivity index (χ0v) is 10.9. The highest BCUT2D eigenvalue weighted by Crippen LogP contribution is 2.09. The van der Waals surface area contributed by atoms with Gasteiger partial charge in [0, 0.05) is 7.05 Å². The van der Waals surface area contributed by atoms with Crippen molar-refractivity contribution in [3.63, 3.8) is 0 Å². The third-order valence-corrected chi connectivity index (χ3v) is 2.98. The standard InChI is InChI=1S/C11H10BrN3O2/c1-7-5-3-4-6-8(7)15-11(17)14(2)10(16)9(12)13-15/h3-6H,1-2H3. The molecule has 0 N–H and O–H groups in total. The monoisotopic (exact) mass is 295 g/mol. The number of hydrogen-bond acceptors (Lipinski definition) is 3. The Kier molecular flexibility index (Phi) is 2.97. The van der Waals surface area contributed by atoms with Gasteiger partial charge < -0.3 is 0 Å². The van der Waals surface area contributed by atoms with Crippen molar-refractivity contribution in [1.82, 2.24) is 14.3 Å². The van der Waals surface area contributed by atoms with Crippen LogP contribution in [0.15, 0.2) is 38.5 Å².